The van der Waals surface area contributed by atoms with Crippen molar-refractivity contribution in [1.82, 2.24) is 0 Å². The monoisotopic (exact) mass is 403 g/mol. The van der Waals surface area contributed by atoms with Gasteiger partial charge in [0.05, 0.1) is 6.10 Å². The quantitative estimate of drug-likeness (QED) is 0.626. The third kappa shape index (κ3) is 3.60. The number of hydrogen-bond acceptors (Lipinski definition) is 4. The molecule has 2 aromatic carbocycles. The fraction of sp³-hybridized carbons (Fsp3) is 0.423. The van der Waals surface area contributed by atoms with Gasteiger partial charge in [0.2, 0.25) is 0 Å². The molecule has 0 radical (unpaired) electrons. The molecule has 1 heterocycles. The van der Waals surface area contributed by atoms with Crippen LogP contribution in [0.5, 0.6) is 0 Å². The number of carbonyl (C=O) groups is 2. The highest BCUT2D eigenvalue weighted by molar-refractivity contribution is 6.10. The zero-order valence-corrected chi connectivity index (χ0v) is 18.4. The Labute approximate surface area is 178 Å². The smallest absolute Gasteiger partial charge is 0.315 e. The van der Waals surface area contributed by atoms with E-state index in [-0.39, 0.29) is 29.2 Å². The molecule has 4 rings (SSSR count). The molecule has 156 valence electrons. The second kappa shape index (κ2) is 7.50. The predicted octanol–water partition coefficient (Wildman–Crippen LogP) is 5.61. The van der Waals surface area contributed by atoms with Crippen molar-refractivity contribution < 1.29 is 14.3 Å². The van der Waals surface area contributed by atoms with Crippen molar-refractivity contribution in [2.24, 2.45) is 16.3 Å². The molecule has 2 aromatic rings. The molecule has 0 saturated heterocycles. The van der Waals surface area contributed by atoms with Gasteiger partial charge in [-0.1, -0.05) is 56.3 Å². The minimum Gasteiger partial charge on any atom is -0.462 e. The van der Waals surface area contributed by atoms with Gasteiger partial charge in [0.25, 0.3) is 0 Å². The van der Waals surface area contributed by atoms with E-state index in [1.165, 1.54) is 0 Å². The molecule has 0 saturated carbocycles. The molecule has 2 aliphatic rings. The number of ketones is 1. The molecule has 0 aromatic heterocycles. The number of aliphatic imine (C=N–C) groups is 1. The first kappa shape index (κ1) is 20.5. The largest absolute Gasteiger partial charge is 0.462 e. The van der Waals surface area contributed by atoms with E-state index < -0.39 is 5.92 Å². The highest BCUT2D eigenvalue weighted by Crippen LogP contribution is 2.49. The van der Waals surface area contributed by atoms with E-state index in [1.54, 1.807) is 0 Å². The summed E-state index contributed by atoms with van der Waals surface area (Å²) in [5.41, 5.74) is 3.12. The van der Waals surface area contributed by atoms with Crippen LogP contribution < -0.4 is 0 Å². The summed E-state index contributed by atoms with van der Waals surface area (Å²) in [6.45, 7) is 9.79. The summed E-state index contributed by atoms with van der Waals surface area (Å²) in [4.78, 5) is 31.4. The molecular weight excluding hydrogens is 374 g/mol. The summed E-state index contributed by atoms with van der Waals surface area (Å²) in [7, 11) is 0. The second-order valence-corrected chi connectivity index (χ2v) is 9.56. The van der Waals surface area contributed by atoms with E-state index in [2.05, 4.69) is 32.0 Å². The van der Waals surface area contributed by atoms with E-state index in [0.29, 0.717) is 12.0 Å². The van der Waals surface area contributed by atoms with Crippen molar-refractivity contribution in [1.29, 1.82) is 0 Å². The molecule has 4 nitrogen and oxygen atoms in total. The third-order valence-corrected chi connectivity index (χ3v) is 6.07. The first-order valence-corrected chi connectivity index (χ1v) is 10.7. The van der Waals surface area contributed by atoms with Crippen molar-refractivity contribution in [2.75, 3.05) is 0 Å². The maximum Gasteiger partial charge on any atom is 0.315 e. The van der Waals surface area contributed by atoms with Crippen LogP contribution in [0.25, 0.3) is 10.8 Å². The van der Waals surface area contributed by atoms with Crippen LogP contribution in [-0.4, -0.2) is 23.6 Å². The summed E-state index contributed by atoms with van der Waals surface area (Å²) in [5.74, 6) is -1.19. The van der Waals surface area contributed by atoms with Crippen LogP contribution in [0.3, 0.4) is 0 Å². The normalized spacial score (nSPS) is 23.4. The summed E-state index contributed by atoms with van der Waals surface area (Å²) >= 11 is 0. The number of ether oxygens (including phenoxy) is 1. The lowest BCUT2D eigenvalue weighted by atomic mass is 9.66. The average Bonchev–Trinajstić information content (AvgIpc) is 2.64. The summed E-state index contributed by atoms with van der Waals surface area (Å²) in [6, 6.07) is 14.2. The minimum atomic E-state index is -0.595. The molecule has 0 amide bonds. The van der Waals surface area contributed by atoms with Crippen molar-refractivity contribution in [3.63, 3.8) is 0 Å². The summed E-state index contributed by atoms with van der Waals surface area (Å²) in [5, 5.41) is 2.16. The van der Waals surface area contributed by atoms with E-state index in [1.807, 2.05) is 45.0 Å². The molecule has 0 bridgehead atoms. The first-order valence-electron chi connectivity index (χ1n) is 10.7. The maximum atomic E-state index is 13.4. The van der Waals surface area contributed by atoms with Crippen molar-refractivity contribution in [3.05, 3.63) is 59.3 Å². The summed E-state index contributed by atoms with van der Waals surface area (Å²) in [6.07, 6.45) is 0.974. The topological polar surface area (TPSA) is 55.7 Å². The van der Waals surface area contributed by atoms with Gasteiger partial charge in [0.15, 0.2) is 5.78 Å². The molecule has 0 fully saturated rings. The van der Waals surface area contributed by atoms with E-state index in [4.69, 9.17) is 9.73 Å². The number of hydrogen-bond donors (Lipinski definition) is 0. The number of benzene rings is 2. The van der Waals surface area contributed by atoms with Crippen LogP contribution in [0.4, 0.5) is 0 Å². The lowest BCUT2D eigenvalue weighted by Crippen LogP contribution is -2.40. The van der Waals surface area contributed by atoms with Gasteiger partial charge in [0, 0.05) is 29.3 Å². The molecule has 4 heteroatoms. The zero-order valence-electron chi connectivity index (χ0n) is 18.4. The van der Waals surface area contributed by atoms with Gasteiger partial charge in [-0.05, 0) is 48.9 Å². The number of rotatable bonds is 3. The molecule has 2 atom stereocenters. The Balaban J connectivity index is 1.95. The highest BCUT2D eigenvalue weighted by Gasteiger charge is 2.46. The van der Waals surface area contributed by atoms with Crippen LogP contribution >= 0.6 is 0 Å². The van der Waals surface area contributed by atoms with Crippen molar-refractivity contribution in [2.45, 2.75) is 59.5 Å². The Hall–Kier alpha value is -2.75. The van der Waals surface area contributed by atoms with E-state index in [9.17, 15) is 9.59 Å². The molecule has 1 aliphatic heterocycles. The Kier molecular flexibility index (Phi) is 5.13. The third-order valence-electron chi connectivity index (χ3n) is 6.07. The van der Waals surface area contributed by atoms with Gasteiger partial charge in [0.1, 0.15) is 5.92 Å². The Morgan fingerprint density at radius 1 is 1.10 bits per heavy atom. The van der Waals surface area contributed by atoms with Gasteiger partial charge >= 0.3 is 5.97 Å². The highest BCUT2D eigenvalue weighted by atomic mass is 16.5. The van der Waals surface area contributed by atoms with Crippen LogP contribution in [0, 0.1) is 11.3 Å². The average molecular weight is 404 g/mol. The van der Waals surface area contributed by atoms with E-state index in [0.717, 1.165) is 34.2 Å². The van der Waals surface area contributed by atoms with E-state index >= 15 is 0 Å². The standard InChI is InChI=1S/C26H29NO3/c1-15(2)30-25(29)22-16(3)27-20-13-26(4,5)14-21(28)24(20)23(22)19-12-8-10-17-9-6-7-11-18(17)19/h6-12,15,22-23H,13-14H2,1-5H3/t22?,23-/m0/s1. The van der Waals surface area contributed by atoms with Crippen molar-refractivity contribution in [3.8, 4) is 0 Å². The predicted molar refractivity (Wildman–Crippen MR) is 120 cm³/mol. The van der Waals surface area contributed by atoms with Gasteiger partial charge in [-0.25, -0.2) is 0 Å². The SMILES string of the molecule is CC1=NC2=C(C(=O)CC(C)(C)C2)[C@@H](c2cccc3ccccc23)C1C(=O)OC(C)C. The Morgan fingerprint density at radius 2 is 1.80 bits per heavy atom. The number of esters is 1. The van der Waals surface area contributed by atoms with Gasteiger partial charge in [-0.3, -0.25) is 14.6 Å². The lowest BCUT2D eigenvalue weighted by Gasteiger charge is -2.39. The van der Waals surface area contributed by atoms with Gasteiger partial charge < -0.3 is 4.74 Å². The molecule has 1 unspecified atom stereocenters. The fourth-order valence-electron chi connectivity index (χ4n) is 4.91. The van der Waals surface area contributed by atoms with Crippen LogP contribution in [-0.2, 0) is 14.3 Å². The summed E-state index contributed by atoms with van der Waals surface area (Å²) < 4.78 is 5.63. The van der Waals surface area contributed by atoms with Gasteiger partial charge in [-0.15, -0.1) is 0 Å². The van der Waals surface area contributed by atoms with Crippen LogP contribution in [0.15, 0.2) is 58.7 Å². The molecular formula is C26H29NO3. The Morgan fingerprint density at radius 3 is 2.53 bits per heavy atom. The van der Waals surface area contributed by atoms with Crippen LogP contribution in [0.1, 0.15) is 58.9 Å². The number of nitrogens with zero attached hydrogens (tertiary/aromatic N) is 1. The number of Topliss-reactive ketones (excluding diaryl/α,β-unsaturated/α-hetero) is 1. The molecule has 0 N–H and O–H groups in total. The molecule has 30 heavy (non-hydrogen) atoms. The number of carbonyl (C=O) groups excluding carboxylic acids is 2. The zero-order chi connectivity index (χ0) is 21.6. The van der Waals surface area contributed by atoms with Crippen LogP contribution in [0.2, 0.25) is 0 Å². The number of allylic oxidation sites excluding steroid dienone is 2. The molecule has 0 spiro atoms. The second-order valence-electron chi connectivity index (χ2n) is 9.56. The maximum absolute atomic E-state index is 13.4. The molecule has 1 aliphatic carbocycles. The lowest BCUT2D eigenvalue weighted by molar-refractivity contribution is -0.150. The Bertz CT molecular complexity index is 1090. The van der Waals surface area contributed by atoms with Crippen molar-refractivity contribution >= 4 is 28.2 Å². The van der Waals surface area contributed by atoms with Gasteiger partial charge in [-0.2, -0.15) is 0 Å². The number of fused-ring (bicyclic) bond motifs is 1. The minimum absolute atomic E-state index is 0.0952. The fourth-order valence-corrected chi connectivity index (χ4v) is 4.91. The first-order chi connectivity index (χ1) is 14.2.